The Hall–Kier alpha value is -2.93. The van der Waals surface area contributed by atoms with Crippen LogP contribution in [0.25, 0.3) is 17.1 Å². The molecule has 1 saturated heterocycles. The highest BCUT2D eigenvalue weighted by molar-refractivity contribution is 5.88. The van der Waals surface area contributed by atoms with Gasteiger partial charge in [0.2, 0.25) is 0 Å². The molecule has 3 heterocycles. The number of H-pyrrole nitrogens is 1. The molecular formula is C17H16N4O3. The maximum Gasteiger partial charge on any atom is 0.335 e. The molecule has 0 radical (unpaired) electrons. The van der Waals surface area contributed by atoms with Crippen molar-refractivity contribution in [3.8, 4) is 17.1 Å². The second-order valence-electron chi connectivity index (χ2n) is 5.72. The van der Waals surface area contributed by atoms with Gasteiger partial charge in [-0.15, -0.1) is 0 Å². The largest absolute Gasteiger partial charge is 0.478 e. The van der Waals surface area contributed by atoms with Crippen molar-refractivity contribution in [2.75, 3.05) is 13.2 Å². The van der Waals surface area contributed by atoms with Crippen LogP contribution < -0.4 is 0 Å². The molecule has 4 rings (SSSR count). The Kier molecular flexibility index (Phi) is 3.62. The highest BCUT2D eigenvalue weighted by atomic mass is 16.5. The molecule has 1 aromatic carbocycles. The van der Waals surface area contributed by atoms with E-state index in [4.69, 9.17) is 9.72 Å². The van der Waals surface area contributed by atoms with Gasteiger partial charge < -0.3 is 14.8 Å². The van der Waals surface area contributed by atoms with Gasteiger partial charge in [-0.25, -0.2) is 14.5 Å². The summed E-state index contributed by atoms with van der Waals surface area (Å²) in [4.78, 5) is 19.0. The van der Waals surface area contributed by atoms with Crippen molar-refractivity contribution < 1.29 is 14.6 Å². The minimum absolute atomic E-state index is 0.173. The van der Waals surface area contributed by atoms with E-state index in [9.17, 15) is 9.90 Å². The Bertz CT molecular complexity index is 864. The molecule has 0 aliphatic carbocycles. The van der Waals surface area contributed by atoms with Crippen LogP contribution in [0.3, 0.4) is 0 Å². The molecule has 122 valence electrons. The lowest BCUT2D eigenvalue weighted by Gasteiger charge is -2.05. The number of aromatic nitrogens is 4. The average molecular weight is 324 g/mol. The number of rotatable bonds is 4. The lowest BCUT2D eigenvalue weighted by atomic mass is 10.1. The van der Waals surface area contributed by atoms with Crippen LogP contribution in [0.15, 0.2) is 42.7 Å². The van der Waals surface area contributed by atoms with Crippen molar-refractivity contribution in [2.24, 2.45) is 0 Å². The minimum atomic E-state index is -0.968. The Balaban J connectivity index is 1.83. The number of nitrogens with one attached hydrogen (secondary N) is 1. The summed E-state index contributed by atoms with van der Waals surface area (Å²) in [5.41, 5.74) is 1.78. The molecule has 2 N–H and O–H groups in total. The summed E-state index contributed by atoms with van der Waals surface area (Å²) >= 11 is 0. The number of aromatic carboxylic acids is 1. The molecule has 1 aliphatic rings. The number of aromatic amines is 1. The number of nitrogens with zero attached hydrogens (tertiary/aromatic N) is 3. The van der Waals surface area contributed by atoms with E-state index >= 15 is 0 Å². The molecule has 3 aromatic rings. The minimum Gasteiger partial charge on any atom is -0.478 e. The number of hydrogen-bond donors (Lipinski definition) is 2. The van der Waals surface area contributed by atoms with E-state index in [-0.39, 0.29) is 11.5 Å². The first kappa shape index (κ1) is 14.6. The molecule has 0 unspecified atom stereocenters. The number of carboxylic acids is 1. The SMILES string of the molecule is O=C(O)c1cccc(-n2nc([C@H]3CCOC3)nc2-c2cc[nH]c2)c1. The maximum absolute atomic E-state index is 11.2. The number of carbonyl (C=O) groups is 1. The Morgan fingerprint density at radius 2 is 2.29 bits per heavy atom. The van der Waals surface area contributed by atoms with E-state index in [0.717, 1.165) is 17.8 Å². The van der Waals surface area contributed by atoms with Gasteiger partial charge in [-0.05, 0) is 30.7 Å². The molecule has 0 spiro atoms. The van der Waals surface area contributed by atoms with Crippen molar-refractivity contribution in [2.45, 2.75) is 12.3 Å². The normalized spacial score (nSPS) is 17.2. The molecule has 1 atom stereocenters. The molecular weight excluding hydrogens is 308 g/mol. The van der Waals surface area contributed by atoms with Crippen molar-refractivity contribution in [3.63, 3.8) is 0 Å². The first-order chi connectivity index (χ1) is 11.7. The Morgan fingerprint density at radius 3 is 3.00 bits per heavy atom. The van der Waals surface area contributed by atoms with Crippen LogP contribution in [0.1, 0.15) is 28.5 Å². The predicted octanol–water partition coefficient (Wildman–Crippen LogP) is 2.46. The quantitative estimate of drug-likeness (QED) is 0.769. The molecule has 2 aromatic heterocycles. The summed E-state index contributed by atoms with van der Waals surface area (Å²) in [7, 11) is 0. The number of benzene rings is 1. The topological polar surface area (TPSA) is 93.0 Å². The second-order valence-corrected chi connectivity index (χ2v) is 5.72. The van der Waals surface area contributed by atoms with E-state index in [0.29, 0.717) is 24.7 Å². The van der Waals surface area contributed by atoms with Crippen LogP contribution in [0.2, 0.25) is 0 Å². The van der Waals surface area contributed by atoms with Crippen molar-refractivity contribution in [1.82, 2.24) is 19.7 Å². The fraction of sp³-hybridized carbons (Fsp3) is 0.235. The smallest absolute Gasteiger partial charge is 0.335 e. The lowest BCUT2D eigenvalue weighted by molar-refractivity contribution is 0.0697. The van der Waals surface area contributed by atoms with E-state index in [2.05, 4.69) is 10.1 Å². The molecule has 0 bridgehead atoms. The number of ether oxygens (including phenoxy) is 1. The van der Waals surface area contributed by atoms with Gasteiger partial charge in [0.1, 0.15) is 0 Å². The van der Waals surface area contributed by atoms with Gasteiger partial charge in [-0.1, -0.05) is 6.07 Å². The van der Waals surface area contributed by atoms with Crippen LogP contribution in [0.5, 0.6) is 0 Å². The summed E-state index contributed by atoms with van der Waals surface area (Å²) in [5, 5.41) is 13.9. The summed E-state index contributed by atoms with van der Waals surface area (Å²) in [6, 6.07) is 8.61. The van der Waals surface area contributed by atoms with Gasteiger partial charge in [0, 0.05) is 30.5 Å². The molecule has 0 saturated carbocycles. The average Bonchev–Trinajstić information content (AvgIpc) is 3.33. The molecule has 7 heteroatoms. The lowest BCUT2D eigenvalue weighted by Crippen LogP contribution is -2.04. The van der Waals surface area contributed by atoms with Crippen molar-refractivity contribution in [1.29, 1.82) is 0 Å². The number of carboxylic acid groups (broad SMARTS) is 1. The van der Waals surface area contributed by atoms with Crippen LogP contribution in [0, 0.1) is 0 Å². The first-order valence-electron chi connectivity index (χ1n) is 7.74. The van der Waals surface area contributed by atoms with Crippen LogP contribution in [-0.4, -0.2) is 44.0 Å². The van der Waals surface area contributed by atoms with Crippen molar-refractivity contribution in [3.05, 3.63) is 54.1 Å². The van der Waals surface area contributed by atoms with Gasteiger partial charge in [-0.2, -0.15) is 5.10 Å². The van der Waals surface area contributed by atoms with Crippen molar-refractivity contribution >= 4 is 5.97 Å². The summed E-state index contributed by atoms with van der Waals surface area (Å²) in [6.45, 7) is 1.33. The van der Waals surface area contributed by atoms with Gasteiger partial charge in [0.25, 0.3) is 0 Å². The molecule has 24 heavy (non-hydrogen) atoms. The van der Waals surface area contributed by atoms with Gasteiger partial charge in [0.05, 0.1) is 17.9 Å². The third-order valence-corrected chi connectivity index (χ3v) is 4.11. The van der Waals surface area contributed by atoms with Gasteiger partial charge >= 0.3 is 5.97 Å². The van der Waals surface area contributed by atoms with E-state index < -0.39 is 5.97 Å². The third-order valence-electron chi connectivity index (χ3n) is 4.11. The summed E-state index contributed by atoms with van der Waals surface area (Å²) < 4.78 is 7.13. The molecule has 7 nitrogen and oxygen atoms in total. The predicted molar refractivity (Wildman–Crippen MR) is 86.3 cm³/mol. The van der Waals surface area contributed by atoms with E-state index in [1.54, 1.807) is 22.9 Å². The first-order valence-corrected chi connectivity index (χ1v) is 7.74. The summed E-state index contributed by atoms with van der Waals surface area (Å²) in [5.74, 6) is 0.612. The highest BCUT2D eigenvalue weighted by Gasteiger charge is 2.25. The van der Waals surface area contributed by atoms with E-state index in [1.807, 2.05) is 24.5 Å². The Labute approximate surface area is 137 Å². The second kappa shape index (κ2) is 5.93. The van der Waals surface area contributed by atoms with Gasteiger partial charge in [0.15, 0.2) is 11.6 Å². The number of hydrogen-bond acceptors (Lipinski definition) is 4. The van der Waals surface area contributed by atoms with Gasteiger partial charge in [-0.3, -0.25) is 0 Å². The van der Waals surface area contributed by atoms with Crippen LogP contribution >= 0.6 is 0 Å². The Morgan fingerprint density at radius 1 is 1.38 bits per heavy atom. The standard InChI is InChI=1S/C17H16N4O3/c22-17(23)11-2-1-3-14(8-11)21-16(12-4-6-18-9-12)19-15(20-21)13-5-7-24-10-13/h1-4,6,8-9,13,18H,5,7,10H2,(H,22,23)/t13-/m0/s1. The van der Waals surface area contributed by atoms with Crippen LogP contribution in [-0.2, 0) is 4.74 Å². The van der Waals surface area contributed by atoms with Crippen LogP contribution in [0.4, 0.5) is 0 Å². The summed E-state index contributed by atoms with van der Waals surface area (Å²) in [6.07, 6.45) is 4.56. The third kappa shape index (κ3) is 2.59. The monoisotopic (exact) mass is 324 g/mol. The zero-order valence-electron chi connectivity index (χ0n) is 12.8. The highest BCUT2D eigenvalue weighted by Crippen LogP contribution is 2.27. The molecule has 1 aliphatic heterocycles. The molecule has 1 fully saturated rings. The van der Waals surface area contributed by atoms with E-state index in [1.165, 1.54) is 0 Å². The fourth-order valence-electron chi connectivity index (χ4n) is 2.84. The zero-order valence-corrected chi connectivity index (χ0v) is 12.8. The fourth-order valence-corrected chi connectivity index (χ4v) is 2.84. The maximum atomic E-state index is 11.2. The molecule has 0 amide bonds. The zero-order chi connectivity index (χ0) is 16.5.